The number of likely N-dealkylation sites (tertiary alicyclic amines) is 1. The highest BCUT2D eigenvalue weighted by Crippen LogP contribution is 2.29. The lowest BCUT2D eigenvalue weighted by molar-refractivity contribution is 0.0234. The van der Waals surface area contributed by atoms with Gasteiger partial charge in [-0.25, -0.2) is 0 Å². The second kappa shape index (κ2) is 7.44. The van der Waals surface area contributed by atoms with Gasteiger partial charge in [-0.1, -0.05) is 12.1 Å². The van der Waals surface area contributed by atoms with Crippen molar-refractivity contribution in [1.82, 2.24) is 9.80 Å². The van der Waals surface area contributed by atoms with Crippen molar-refractivity contribution in [2.45, 2.75) is 31.3 Å². The van der Waals surface area contributed by atoms with Gasteiger partial charge in [0.25, 0.3) is 0 Å². The van der Waals surface area contributed by atoms with E-state index in [0.717, 1.165) is 45.8 Å². The lowest BCUT2D eigenvalue weighted by atomic mass is 9.89. The number of ether oxygens (including phenoxy) is 1. The van der Waals surface area contributed by atoms with Crippen molar-refractivity contribution in [2.24, 2.45) is 0 Å². The number of benzene rings is 1. The number of rotatable bonds is 3. The van der Waals surface area contributed by atoms with Gasteiger partial charge in [-0.15, -0.1) is 0 Å². The number of hydrogen-bond acceptors (Lipinski definition) is 4. The predicted molar refractivity (Wildman–Crippen MR) is 88.4 cm³/mol. The van der Waals surface area contributed by atoms with Gasteiger partial charge < -0.3 is 19.6 Å². The van der Waals surface area contributed by atoms with Crippen LogP contribution in [0.25, 0.3) is 0 Å². The Morgan fingerprint density at radius 1 is 1.23 bits per heavy atom. The molecule has 0 bridgehead atoms. The molecule has 1 aromatic rings. The molecule has 3 rings (SSSR count). The Labute approximate surface area is 133 Å². The molecule has 0 saturated carbocycles. The van der Waals surface area contributed by atoms with Crippen LogP contribution in [-0.2, 0) is 4.74 Å². The maximum absolute atomic E-state index is 9.63. The first-order valence-corrected chi connectivity index (χ1v) is 8.52. The van der Waals surface area contributed by atoms with Crippen LogP contribution < -0.4 is 0 Å². The molecule has 0 amide bonds. The third-order valence-corrected chi connectivity index (χ3v) is 4.94. The molecule has 2 aliphatic heterocycles. The Balaban J connectivity index is 1.49. The Kier molecular flexibility index (Phi) is 5.34. The van der Waals surface area contributed by atoms with Crippen LogP contribution in [0.3, 0.4) is 0 Å². The van der Waals surface area contributed by atoms with E-state index in [4.69, 9.17) is 4.74 Å². The average Bonchev–Trinajstić information content (AvgIpc) is 2.72. The fourth-order valence-corrected chi connectivity index (χ4v) is 3.70. The van der Waals surface area contributed by atoms with E-state index in [9.17, 15) is 5.11 Å². The highest BCUT2D eigenvalue weighted by Gasteiger charge is 2.24. The quantitative estimate of drug-likeness (QED) is 0.929. The van der Waals surface area contributed by atoms with Gasteiger partial charge in [-0.2, -0.15) is 0 Å². The van der Waals surface area contributed by atoms with Crippen LogP contribution in [0.4, 0.5) is 0 Å². The lowest BCUT2D eigenvalue weighted by Gasteiger charge is -2.34. The minimum absolute atomic E-state index is 0.352. The SMILES string of the molecule is CN1CCCOC(CN2CCC(c3cccc(O)c3)CC2)C1. The summed E-state index contributed by atoms with van der Waals surface area (Å²) in [7, 11) is 2.19. The minimum atomic E-state index is 0.352. The zero-order valence-electron chi connectivity index (χ0n) is 13.6. The largest absolute Gasteiger partial charge is 0.508 e. The summed E-state index contributed by atoms with van der Waals surface area (Å²) in [6, 6.07) is 7.76. The summed E-state index contributed by atoms with van der Waals surface area (Å²) in [5.41, 5.74) is 1.28. The lowest BCUT2D eigenvalue weighted by Crippen LogP contribution is -2.42. The Bertz CT molecular complexity index is 472. The van der Waals surface area contributed by atoms with Crippen LogP contribution in [-0.4, -0.2) is 67.4 Å². The Morgan fingerprint density at radius 3 is 2.82 bits per heavy atom. The molecule has 2 aliphatic rings. The summed E-state index contributed by atoms with van der Waals surface area (Å²) in [4.78, 5) is 4.93. The number of piperidine rings is 1. The van der Waals surface area contributed by atoms with Crippen LogP contribution in [0.5, 0.6) is 5.75 Å². The van der Waals surface area contributed by atoms with Gasteiger partial charge in [0.05, 0.1) is 6.10 Å². The van der Waals surface area contributed by atoms with E-state index < -0.39 is 0 Å². The molecule has 2 fully saturated rings. The van der Waals surface area contributed by atoms with Crippen molar-refractivity contribution in [3.8, 4) is 5.75 Å². The van der Waals surface area contributed by atoms with E-state index in [2.05, 4.69) is 22.9 Å². The van der Waals surface area contributed by atoms with Gasteiger partial charge in [-0.3, -0.25) is 0 Å². The molecular weight excluding hydrogens is 276 g/mol. The zero-order chi connectivity index (χ0) is 15.4. The van der Waals surface area contributed by atoms with Crippen molar-refractivity contribution in [2.75, 3.05) is 46.4 Å². The standard InChI is InChI=1S/C18H28N2O2/c1-19-8-3-11-22-18(13-19)14-20-9-6-15(7-10-20)16-4-2-5-17(21)12-16/h2,4-5,12,15,18,21H,3,6-11,13-14H2,1H3. The van der Waals surface area contributed by atoms with Gasteiger partial charge >= 0.3 is 0 Å². The predicted octanol–water partition coefficient (Wildman–Crippen LogP) is 2.29. The van der Waals surface area contributed by atoms with Gasteiger partial charge in [0, 0.05) is 26.2 Å². The smallest absolute Gasteiger partial charge is 0.115 e. The number of phenols is 1. The Morgan fingerprint density at radius 2 is 2.05 bits per heavy atom. The molecule has 4 heteroatoms. The van der Waals surface area contributed by atoms with Crippen molar-refractivity contribution >= 4 is 0 Å². The molecule has 1 N–H and O–H groups in total. The van der Waals surface area contributed by atoms with Crippen molar-refractivity contribution in [3.05, 3.63) is 29.8 Å². The fraction of sp³-hybridized carbons (Fsp3) is 0.667. The molecule has 2 heterocycles. The number of aromatic hydroxyl groups is 1. The van der Waals surface area contributed by atoms with E-state index >= 15 is 0 Å². The summed E-state index contributed by atoms with van der Waals surface area (Å²) in [5, 5.41) is 9.63. The fourth-order valence-electron chi connectivity index (χ4n) is 3.70. The zero-order valence-corrected chi connectivity index (χ0v) is 13.6. The van der Waals surface area contributed by atoms with E-state index in [1.54, 1.807) is 6.07 Å². The third-order valence-electron chi connectivity index (χ3n) is 4.94. The van der Waals surface area contributed by atoms with Crippen LogP contribution in [0.1, 0.15) is 30.7 Å². The Hall–Kier alpha value is -1.10. The molecule has 1 aromatic carbocycles. The van der Waals surface area contributed by atoms with Crippen LogP contribution in [0.15, 0.2) is 24.3 Å². The molecule has 2 saturated heterocycles. The molecule has 22 heavy (non-hydrogen) atoms. The monoisotopic (exact) mass is 304 g/mol. The maximum Gasteiger partial charge on any atom is 0.115 e. The molecule has 1 atom stereocenters. The number of phenolic OH excluding ortho intramolecular Hbond substituents is 1. The molecular formula is C18H28N2O2. The molecule has 0 spiro atoms. The first-order chi connectivity index (χ1) is 10.7. The van der Waals surface area contributed by atoms with Crippen LogP contribution in [0.2, 0.25) is 0 Å². The summed E-state index contributed by atoms with van der Waals surface area (Å²) in [5.74, 6) is 0.968. The molecule has 0 aromatic heterocycles. The van der Waals surface area contributed by atoms with E-state index in [1.807, 2.05) is 12.1 Å². The third kappa shape index (κ3) is 4.22. The number of likely N-dealkylation sites (N-methyl/N-ethyl adjacent to an activating group) is 1. The number of nitrogens with zero attached hydrogens (tertiary/aromatic N) is 2. The van der Waals surface area contributed by atoms with Gasteiger partial charge in [0.2, 0.25) is 0 Å². The van der Waals surface area contributed by atoms with E-state index in [1.165, 1.54) is 18.4 Å². The molecule has 0 radical (unpaired) electrons. The number of hydrogen-bond donors (Lipinski definition) is 1. The maximum atomic E-state index is 9.63. The highest BCUT2D eigenvalue weighted by molar-refractivity contribution is 5.30. The second-order valence-corrected chi connectivity index (χ2v) is 6.78. The first-order valence-electron chi connectivity index (χ1n) is 8.52. The molecule has 4 nitrogen and oxygen atoms in total. The van der Waals surface area contributed by atoms with Crippen molar-refractivity contribution in [3.63, 3.8) is 0 Å². The van der Waals surface area contributed by atoms with Crippen LogP contribution in [0, 0.1) is 0 Å². The van der Waals surface area contributed by atoms with E-state index in [-0.39, 0.29) is 0 Å². The molecule has 0 aliphatic carbocycles. The van der Waals surface area contributed by atoms with Crippen LogP contribution >= 0.6 is 0 Å². The second-order valence-electron chi connectivity index (χ2n) is 6.78. The molecule has 1 unspecified atom stereocenters. The summed E-state index contributed by atoms with van der Waals surface area (Å²) in [6.07, 6.45) is 3.84. The first kappa shape index (κ1) is 15.8. The summed E-state index contributed by atoms with van der Waals surface area (Å²) < 4.78 is 5.99. The van der Waals surface area contributed by atoms with Gasteiger partial charge in [0.1, 0.15) is 5.75 Å². The highest BCUT2D eigenvalue weighted by atomic mass is 16.5. The summed E-state index contributed by atoms with van der Waals surface area (Å²) in [6.45, 7) is 6.40. The van der Waals surface area contributed by atoms with E-state index in [0.29, 0.717) is 17.8 Å². The van der Waals surface area contributed by atoms with Gasteiger partial charge in [-0.05, 0) is 63.0 Å². The normalized spacial score (nSPS) is 26.0. The molecule has 122 valence electrons. The summed E-state index contributed by atoms with van der Waals surface area (Å²) >= 11 is 0. The minimum Gasteiger partial charge on any atom is -0.508 e. The van der Waals surface area contributed by atoms with Gasteiger partial charge in [0.15, 0.2) is 0 Å². The van der Waals surface area contributed by atoms with Crippen molar-refractivity contribution < 1.29 is 9.84 Å². The topological polar surface area (TPSA) is 35.9 Å². The van der Waals surface area contributed by atoms with Crippen molar-refractivity contribution in [1.29, 1.82) is 0 Å². The average molecular weight is 304 g/mol.